The van der Waals surface area contributed by atoms with Crippen LogP contribution in [0.2, 0.25) is 0 Å². The highest BCUT2D eigenvalue weighted by Crippen LogP contribution is 2.46. The molecule has 2 fully saturated rings. The van der Waals surface area contributed by atoms with Crippen molar-refractivity contribution in [1.29, 1.82) is 0 Å². The van der Waals surface area contributed by atoms with Gasteiger partial charge in [-0.05, 0) is 61.7 Å². The number of rotatable bonds is 6. The summed E-state index contributed by atoms with van der Waals surface area (Å²) < 4.78 is 10.8. The molecule has 1 aliphatic heterocycles. The molecule has 23 heavy (non-hydrogen) atoms. The fraction of sp³-hybridized carbons (Fsp3) is 0.625. The first-order chi connectivity index (χ1) is 11.2. The third-order valence-corrected chi connectivity index (χ3v) is 5.22. The quantitative estimate of drug-likeness (QED) is 0.604. The van der Waals surface area contributed by atoms with Gasteiger partial charge in [0.2, 0.25) is 0 Å². The van der Waals surface area contributed by atoms with Crippen molar-refractivity contribution < 1.29 is 14.3 Å². The van der Waals surface area contributed by atoms with Crippen LogP contribution in [0.1, 0.15) is 54.4 Å². The second-order valence-electron chi connectivity index (χ2n) is 5.86. The van der Waals surface area contributed by atoms with Gasteiger partial charge in [0.15, 0.2) is 5.11 Å². The van der Waals surface area contributed by atoms with E-state index >= 15 is 0 Å². The average Bonchev–Trinajstić information content (AvgIpc) is 3.08. The number of carbonyl (C=O) groups excluding carboxylic acids is 1. The minimum absolute atomic E-state index is 0.227. The van der Waals surface area contributed by atoms with Gasteiger partial charge in [0, 0.05) is 13.2 Å². The summed E-state index contributed by atoms with van der Waals surface area (Å²) in [5, 5.41) is 9.68. The third-order valence-electron chi connectivity index (χ3n) is 4.06. The molecule has 0 spiro atoms. The van der Waals surface area contributed by atoms with Gasteiger partial charge in [-0.1, -0.05) is 0 Å². The molecule has 1 aliphatic carbocycles. The summed E-state index contributed by atoms with van der Waals surface area (Å²) in [4.78, 5) is 12.3. The molecule has 0 radical (unpaired) electrons. The van der Waals surface area contributed by atoms with Gasteiger partial charge in [-0.25, -0.2) is 4.79 Å². The van der Waals surface area contributed by atoms with E-state index in [4.69, 9.17) is 21.7 Å². The minimum Gasteiger partial charge on any atom is -0.462 e. The zero-order valence-electron chi connectivity index (χ0n) is 13.2. The summed E-state index contributed by atoms with van der Waals surface area (Å²) >= 11 is 6.86. The Morgan fingerprint density at radius 2 is 2.30 bits per heavy atom. The van der Waals surface area contributed by atoms with Crippen LogP contribution in [0.15, 0.2) is 5.38 Å². The van der Waals surface area contributed by atoms with E-state index in [1.165, 1.54) is 11.3 Å². The topological polar surface area (TPSA) is 59.6 Å². The molecule has 2 heterocycles. The van der Waals surface area contributed by atoms with Crippen LogP contribution in [-0.4, -0.2) is 36.9 Å². The number of esters is 1. The Morgan fingerprint density at radius 1 is 1.48 bits per heavy atom. The number of hydrogen-bond donors (Lipinski definition) is 2. The molecular formula is C16H22N2O3S2. The SMILES string of the molecule is CCOC(=O)c1c(C2CC2)csc1NC(=S)NC[C@@H]1CCCO1. The largest absolute Gasteiger partial charge is 0.462 e. The summed E-state index contributed by atoms with van der Waals surface area (Å²) in [6, 6.07) is 0. The van der Waals surface area contributed by atoms with Crippen LogP contribution in [-0.2, 0) is 9.47 Å². The predicted octanol–water partition coefficient (Wildman–Crippen LogP) is 3.27. The van der Waals surface area contributed by atoms with E-state index in [-0.39, 0.29) is 12.1 Å². The fourth-order valence-electron chi connectivity index (χ4n) is 2.73. The Balaban J connectivity index is 1.64. The van der Waals surface area contributed by atoms with Gasteiger partial charge in [-0.3, -0.25) is 0 Å². The van der Waals surface area contributed by atoms with Gasteiger partial charge < -0.3 is 20.1 Å². The van der Waals surface area contributed by atoms with Crippen molar-refractivity contribution in [1.82, 2.24) is 5.32 Å². The highest BCUT2D eigenvalue weighted by atomic mass is 32.1. The van der Waals surface area contributed by atoms with E-state index in [9.17, 15) is 4.79 Å². The molecule has 126 valence electrons. The summed E-state index contributed by atoms with van der Waals surface area (Å²) in [6.07, 6.45) is 4.68. The molecule has 2 N–H and O–H groups in total. The Kier molecular flexibility index (Phi) is 5.50. The van der Waals surface area contributed by atoms with Crippen molar-refractivity contribution in [3.05, 3.63) is 16.5 Å². The standard InChI is InChI=1S/C16H22N2O3S2/c1-2-20-15(19)13-12(10-5-6-10)9-23-14(13)18-16(22)17-8-11-4-3-7-21-11/h9-11H,2-8H2,1H3,(H2,17,18,22)/t11-/m0/s1. The number of thiophene rings is 1. The van der Waals surface area contributed by atoms with Gasteiger partial charge in [0.25, 0.3) is 0 Å². The first kappa shape index (κ1) is 16.7. The third kappa shape index (κ3) is 4.22. The van der Waals surface area contributed by atoms with E-state index < -0.39 is 0 Å². The lowest BCUT2D eigenvalue weighted by Crippen LogP contribution is -2.35. The molecule has 1 atom stereocenters. The number of carbonyl (C=O) groups is 1. The Hall–Kier alpha value is -1.18. The van der Waals surface area contributed by atoms with Crippen molar-refractivity contribution in [2.45, 2.75) is 44.6 Å². The molecular weight excluding hydrogens is 332 g/mol. The summed E-state index contributed by atoms with van der Waals surface area (Å²) in [7, 11) is 0. The molecule has 1 saturated carbocycles. The van der Waals surface area contributed by atoms with Gasteiger partial charge in [-0.15, -0.1) is 11.3 Å². The lowest BCUT2D eigenvalue weighted by Gasteiger charge is -2.14. The van der Waals surface area contributed by atoms with Crippen molar-refractivity contribution in [2.24, 2.45) is 0 Å². The van der Waals surface area contributed by atoms with E-state index in [2.05, 4.69) is 16.0 Å². The normalized spacial score (nSPS) is 20.3. The lowest BCUT2D eigenvalue weighted by atomic mass is 10.1. The number of hydrogen-bond acceptors (Lipinski definition) is 5. The number of thiocarbonyl (C=S) groups is 1. The second-order valence-corrected chi connectivity index (χ2v) is 7.15. The summed E-state index contributed by atoms with van der Waals surface area (Å²) in [5.41, 5.74) is 1.75. The van der Waals surface area contributed by atoms with E-state index in [0.717, 1.165) is 42.9 Å². The van der Waals surface area contributed by atoms with Crippen molar-refractivity contribution >= 4 is 39.6 Å². The number of anilines is 1. The molecule has 7 heteroatoms. The van der Waals surface area contributed by atoms with Gasteiger partial charge in [-0.2, -0.15) is 0 Å². The molecule has 1 saturated heterocycles. The zero-order chi connectivity index (χ0) is 16.2. The monoisotopic (exact) mass is 354 g/mol. The average molecular weight is 354 g/mol. The van der Waals surface area contributed by atoms with Crippen LogP contribution in [0.25, 0.3) is 0 Å². The first-order valence-electron chi connectivity index (χ1n) is 8.14. The first-order valence-corrected chi connectivity index (χ1v) is 9.42. The van der Waals surface area contributed by atoms with E-state index in [1.807, 2.05) is 6.92 Å². The fourth-order valence-corrected chi connectivity index (χ4v) is 4.02. The molecule has 5 nitrogen and oxygen atoms in total. The maximum absolute atomic E-state index is 12.3. The molecule has 1 aromatic rings. The van der Waals surface area contributed by atoms with E-state index in [1.54, 1.807) is 0 Å². The maximum atomic E-state index is 12.3. The summed E-state index contributed by atoms with van der Waals surface area (Å²) in [6.45, 7) is 3.72. The van der Waals surface area contributed by atoms with Crippen LogP contribution >= 0.6 is 23.6 Å². The van der Waals surface area contributed by atoms with Crippen LogP contribution in [0.5, 0.6) is 0 Å². The van der Waals surface area contributed by atoms with Crippen LogP contribution in [0, 0.1) is 0 Å². The lowest BCUT2D eigenvalue weighted by molar-refractivity contribution is 0.0527. The van der Waals surface area contributed by atoms with Crippen molar-refractivity contribution in [2.75, 3.05) is 25.1 Å². The molecule has 0 bridgehead atoms. The van der Waals surface area contributed by atoms with Crippen LogP contribution in [0.3, 0.4) is 0 Å². The van der Waals surface area contributed by atoms with Crippen LogP contribution < -0.4 is 10.6 Å². The zero-order valence-corrected chi connectivity index (χ0v) is 14.9. The highest BCUT2D eigenvalue weighted by molar-refractivity contribution is 7.80. The van der Waals surface area contributed by atoms with E-state index in [0.29, 0.717) is 29.7 Å². The number of ether oxygens (including phenoxy) is 2. The molecule has 1 aromatic heterocycles. The smallest absolute Gasteiger partial charge is 0.341 e. The molecule has 2 aliphatic rings. The van der Waals surface area contributed by atoms with Crippen molar-refractivity contribution in [3.8, 4) is 0 Å². The molecule has 0 unspecified atom stereocenters. The summed E-state index contributed by atoms with van der Waals surface area (Å²) in [5.74, 6) is 0.231. The van der Waals surface area contributed by atoms with Gasteiger partial charge in [0.05, 0.1) is 18.3 Å². The minimum atomic E-state index is -0.264. The Bertz CT molecular complexity index is 578. The Morgan fingerprint density at radius 3 is 2.96 bits per heavy atom. The second kappa shape index (κ2) is 7.59. The molecule has 3 rings (SSSR count). The number of nitrogens with one attached hydrogen (secondary N) is 2. The Labute approximate surface area is 145 Å². The maximum Gasteiger partial charge on any atom is 0.341 e. The van der Waals surface area contributed by atoms with Crippen molar-refractivity contribution in [3.63, 3.8) is 0 Å². The molecule has 0 amide bonds. The van der Waals surface area contributed by atoms with Crippen LogP contribution in [0.4, 0.5) is 5.00 Å². The predicted molar refractivity (Wildman–Crippen MR) is 95.4 cm³/mol. The molecule has 0 aromatic carbocycles. The van der Waals surface area contributed by atoms with Gasteiger partial charge >= 0.3 is 5.97 Å². The van der Waals surface area contributed by atoms with Gasteiger partial charge in [0.1, 0.15) is 5.00 Å². The highest BCUT2D eigenvalue weighted by Gasteiger charge is 2.32.